The molecule has 0 radical (unpaired) electrons. The van der Waals surface area contributed by atoms with Gasteiger partial charge in [-0.05, 0) is 35.9 Å². The number of thioether (sulfide) groups is 1. The van der Waals surface area contributed by atoms with Crippen molar-refractivity contribution in [2.75, 3.05) is 19.0 Å². The Hall–Kier alpha value is -2.66. The average molecular weight is 435 g/mol. The monoisotopic (exact) mass is 434 g/mol. The molecule has 4 aromatic rings. The third kappa shape index (κ3) is 4.67. The van der Waals surface area contributed by atoms with Crippen molar-refractivity contribution >= 4 is 62.0 Å². The second kappa shape index (κ2) is 8.78. The largest absolute Gasteiger partial charge is 0.378 e. The molecule has 0 fully saturated rings. The lowest BCUT2D eigenvalue weighted by atomic mass is 10.1. The number of nitriles is 1. The van der Waals surface area contributed by atoms with E-state index in [0.717, 1.165) is 37.6 Å². The summed E-state index contributed by atoms with van der Waals surface area (Å²) < 4.78 is 2.24. The Morgan fingerprint density at radius 1 is 1.14 bits per heavy atom. The zero-order chi connectivity index (χ0) is 20.2. The van der Waals surface area contributed by atoms with Crippen LogP contribution in [0.5, 0.6) is 0 Å². The number of hydrogen-bond donors (Lipinski definition) is 0. The van der Waals surface area contributed by atoms with Crippen molar-refractivity contribution in [1.29, 1.82) is 5.26 Å². The van der Waals surface area contributed by atoms with E-state index in [2.05, 4.69) is 27.0 Å². The molecule has 0 saturated carbocycles. The zero-order valence-corrected chi connectivity index (χ0v) is 18.4. The predicted octanol–water partition coefficient (Wildman–Crippen LogP) is 6.18. The van der Waals surface area contributed by atoms with E-state index in [1.807, 2.05) is 68.0 Å². The summed E-state index contributed by atoms with van der Waals surface area (Å²) in [7, 11) is 4.02. The summed E-state index contributed by atoms with van der Waals surface area (Å²) in [4.78, 5) is 11.4. The van der Waals surface area contributed by atoms with Crippen molar-refractivity contribution in [3.8, 4) is 6.07 Å². The van der Waals surface area contributed by atoms with Crippen molar-refractivity contribution in [2.45, 2.75) is 10.1 Å². The molecule has 4 nitrogen and oxygen atoms in total. The highest BCUT2D eigenvalue weighted by molar-refractivity contribution is 8.00. The van der Waals surface area contributed by atoms with Crippen LogP contribution >= 0.6 is 34.4 Å². The molecule has 0 amide bonds. The van der Waals surface area contributed by atoms with Gasteiger partial charge in [0.2, 0.25) is 0 Å². The topological polar surface area (TPSA) is 52.8 Å². The highest BCUT2D eigenvalue weighted by atomic mass is 32.2. The molecule has 0 aliphatic rings. The lowest BCUT2D eigenvalue weighted by molar-refractivity contribution is 1.13. The number of benzene rings is 2. The second-order valence-electron chi connectivity index (χ2n) is 6.54. The fourth-order valence-corrected chi connectivity index (χ4v) is 5.57. The molecule has 2 aromatic carbocycles. The molecule has 2 aromatic heterocycles. The van der Waals surface area contributed by atoms with E-state index >= 15 is 0 Å². The van der Waals surface area contributed by atoms with E-state index in [1.165, 1.54) is 16.0 Å². The normalized spacial score (nSPS) is 11.6. The number of rotatable bonds is 6. The van der Waals surface area contributed by atoms with Crippen molar-refractivity contribution < 1.29 is 0 Å². The van der Waals surface area contributed by atoms with Gasteiger partial charge in [-0.15, -0.1) is 22.7 Å². The highest BCUT2D eigenvalue weighted by Crippen LogP contribution is 2.32. The summed E-state index contributed by atoms with van der Waals surface area (Å²) in [6.45, 7) is 0. The van der Waals surface area contributed by atoms with Gasteiger partial charge in [0.25, 0.3) is 0 Å². The molecule has 144 valence electrons. The fourth-order valence-electron chi connectivity index (χ4n) is 2.72. The quantitative estimate of drug-likeness (QED) is 0.268. The van der Waals surface area contributed by atoms with Gasteiger partial charge in [0.15, 0.2) is 4.34 Å². The number of aromatic nitrogens is 2. The van der Waals surface area contributed by atoms with Gasteiger partial charge in [0, 0.05) is 30.9 Å². The molecule has 0 aliphatic carbocycles. The maximum Gasteiger partial charge on any atom is 0.151 e. The van der Waals surface area contributed by atoms with Crippen LogP contribution in [0.25, 0.3) is 21.9 Å². The Morgan fingerprint density at radius 3 is 2.66 bits per heavy atom. The highest BCUT2D eigenvalue weighted by Gasteiger charge is 2.10. The van der Waals surface area contributed by atoms with E-state index in [4.69, 9.17) is 0 Å². The van der Waals surface area contributed by atoms with Crippen molar-refractivity contribution in [2.24, 2.45) is 0 Å². The Balaban J connectivity index is 1.47. The van der Waals surface area contributed by atoms with Gasteiger partial charge < -0.3 is 4.90 Å². The van der Waals surface area contributed by atoms with Crippen molar-refractivity contribution in [3.63, 3.8) is 0 Å². The summed E-state index contributed by atoms with van der Waals surface area (Å²) >= 11 is 4.89. The van der Waals surface area contributed by atoms with Crippen LogP contribution in [0.15, 0.2) is 58.3 Å². The van der Waals surface area contributed by atoms with Gasteiger partial charge in [0.1, 0.15) is 11.1 Å². The number of hydrogen-bond acceptors (Lipinski definition) is 7. The maximum absolute atomic E-state index is 9.61. The number of para-hydroxylation sites is 1. The van der Waals surface area contributed by atoms with Crippen molar-refractivity contribution in [3.05, 3.63) is 70.2 Å². The van der Waals surface area contributed by atoms with E-state index in [9.17, 15) is 5.26 Å². The van der Waals surface area contributed by atoms with Crippen LogP contribution in [-0.2, 0) is 5.75 Å². The summed E-state index contributed by atoms with van der Waals surface area (Å²) in [6.07, 6.45) is 1.89. The molecule has 0 unspecified atom stereocenters. The molecular formula is C22H18N4S3. The lowest BCUT2D eigenvalue weighted by Crippen LogP contribution is -2.07. The van der Waals surface area contributed by atoms with Crippen LogP contribution in [0, 0.1) is 11.3 Å². The first-order valence-corrected chi connectivity index (χ1v) is 11.6. The second-order valence-corrected chi connectivity index (χ2v) is 9.65. The number of allylic oxidation sites excluding steroid dienone is 1. The average Bonchev–Trinajstić information content (AvgIpc) is 3.37. The molecule has 0 N–H and O–H groups in total. The number of anilines is 1. The van der Waals surface area contributed by atoms with Crippen LogP contribution in [0.2, 0.25) is 0 Å². The van der Waals surface area contributed by atoms with E-state index < -0.39 is 0 Å². The minimum atomic E-state index is 0.587. The summed E-state index contributed by atoms with van der Waals surface area (Å²) in [5, 5.41) is 12.4. The molecule has 7 heteroatoms. The third-order valence-corrected chi connectivity index (χ3v) is 7.38. The van der Waals surface area contributed by atoms with Crippen LogP contribution in [0.3, 0.4) is 0 Å². The number of fused-ring (bicyclic) bond motifs is 1. The zero-order valence-electron chi connectivity index (χ0n) is 16.0. The summed E-state index contributed by atoms with van der Waals surface area (Å²) in [6, 6.07) is 18.6. The van der Waals surface area contributed by atoms with Gasteiger partial charge in [-0.25, -0.2) is 9.97 Å². The molecule has 29 heavy (non-hydrogen) atoms. The van der Waals surface area contributed by atoms with E-state index in [-0.39, 0.29) is 0 Å². The molecule has 0 bridgehead atoms. The number of nitrogens with zero attached hydrogens (tertiary/aromatic N) is 4. The van der Waals surface area contributed by atoms with Crippen LogP contribution < -0.4 is 4.90 Å². The summed E-state index contributed by atoms with van der Waals surface area (Å²) in [5.74, 6) is 0.743. The lowest BCUT2D eigenvalue weighted by Gasteiger charge is -2.11. The Labute approximate surface area is 182 Å². The standard InChI is InChI=1S/C22H18N4S3/c1-26(2)18-9-7-15(8-10-18)11-16(12-23)21-24-17(13-27-21)14-28-22-25-19-5-3-4-6-20(19)29-22/h3-11,13H,14H2,1-2H3/b16-11-. The Morgan fingerprint density at radius 2 is 1.93 bits per heavy atom. The number of thiazole rings is 2. The summed E-state index contributed by atoms with van der Waals surface area (Å²) in [5.41, 5.74) is 4.72. The van der Waals surface area contributed by atoms with Gasteiger partial charge in [0.05, 0.1) is 21.5 Å². The van der Waals surface area contributed by atoms with Crippen LogP contribution in [0.4, 0.5) is 5.69 Å². The Kier molecular flexibility index (Phi) is 5.95. The molecule has 2 heterocycles. The maximum atomic E-state index is 9.61. The van der Waals surface area contributed by atoms with Crippen LogP contribution in [-0.4, -0.2) is 24.1 Å². The van der Waals surface area contributed by atoms with Crippen molar-refractivity contribution in [1.82, 2.24) is 9.97 Å². The molecular weight excluding hydrogens is 416 g/mol. The third-order valence-electron chi connectivity index (χ3n) is 4.24. The minimum absolute atomic E-state index is 0.587. The molecule has 0 saturated heterocycles. The predicted molar refractivity (Wildman–Crippen MR) is 126 cm³/mol. The SMILES string of the molecule is CN(C)c1ccc(/C=C(/C#N)c2nc(CSc3nc4ccccc4s3)cs2)cc1. The van der Waals surface area contributed by atoms with Gasteiger partial charge in [-0.3, -0.25) is 0 Å². The van der Waals surface area contributed by atoms with E-state index in [1.54, 1.807) is 23.1 Å². The van der Waals surface area contributed by atoms with Gasteiger partial charge >= 0.3 is 0 Å². The van der Waals surface area contributed by atoms with Crippen LogP contribution in [0.1, 0.15) is 16.3 Å². The molecule has 4 rings (SSSR count). The first-order chi connectivity index (χ1) is 14.1. The van der Waals surface area contributed by atoms with Gasteiger partial charge in [-0.2, -0.15) is 5.26 Å². The first kappa shape index (κ1) is 19.6. The smallest absolute Gasteiger partial charge is 0.151 e. The fraction of sp³-hybridized carbons (Fsp3) is 0.136. The van der Waals surface area contributed by atoms with E-state index in [0.29, 0.717) is 5.57 Å². The molecule has 0 atom stereocenters. The first-order valence-electron chi connectivity index (χ1n) is 8.95. The minimum Gasteiger partial charge on any atom is -0.378 e. The molecule has 0 spiro atoms. The van der Waals surface area contributed by atoms with Gasteiger partial charge in [-0.1, -0.05) is 36.0 Å². The molecule has 0 aliphatic heterocycles. The Bertz CT molecular complexity index is 1160.